The Morgan fingerprint density at radius 2 is 1.02 bits per heavy atom. The molecule has 2 heterocycles. The van der Waals surface area contributed by atoms with Crippen LogP contribution in [0, 0.1) is 0 Å². The Kier molecular flexibility index (Phi) is 10.9. The molecular formula is C44H36N6O6. The van der Waals surface area contributed by atoms with Crippen molar-refractivity contribution in [3.8, 4) is 5.75 Å². The van der Waals surface area contributed by atoms with Crippen LogP contribution < -0.4 is 26.0 Å². The molecule has 4 N–H and O–H groups in total. The SMILES string of the molecule is COC(=O)NC1N=C(c2ccccc2)c2ccccc2NC1=O.COc1cc2ccccc2cc1C(=O)N[C@H]1N=C(c2ccccc2)c2ccccc2NC1=O. The zero-order chi connectivity index (χ0) is 39.0. The molecule has 6 aromatic carbocycles. The highest BCUT2D eigenvalue weighted by molar-refractivity contribution is 6.21. The molecule has 0 aliphatic carbocycles. The number of hydrogen-bond acceptors (Lipinski definition) is 8. The van der Waals surface area contributed by atoms with Crippen molar-refractivity contribution < 1.29 is 28.7 Å². The van der Waals surface area contributed by atoms with Crippen LogP contribution >= 0.6 is 0 Å². The second-order valence-electron chi connectivity index (χ2n) is 12.6. The van der Waals surface area contributed by atoms with Crippen LogP contribution in [0.25, 0.3) is 10.8 Å². The highest BCUT2D eigenvalue weighted by Crippen LogP contribution is 2.28. The van der Waals surface area contributed by atoms with Crippen LogP contribution in [0.15, 0.2) is 156 Å². The first-order valence-corrected chi connectivity index (χ1v) is 17.6. The van der Waals surface area contributed by atoms with Crippen molar-refractivity contribution in [2.24, 2.45) is 9.98 Å². The first-order valence-electron chi connectivity index (χ1n) is 17.6. The predicted octanol–water partition coefficient (Wildman–Crippen LogP) is 6.55. The van der Waals surface area contributed by atoms with E-state index in [1.165, 1.54) is 14.2 Å². The second-order valence-corrected chi connectivity index (χ2v) is 12.6. The summed E-state index contributed by atoms with van der Waals surface area (Å²) in [4.78, 5) is 59.2. The van der Waals surface area contributed by atoms with E-state index in [0.717, 1.165) is 33.0 Å². The molecular weight excluding hydrogens is 709 g/mol. The smallest absolute Gasteiger partial charge is 0.408 e. The minimum absolute atomic E-state index is 0.335. The van der Waals surface area contributed by atoms with E-state index in [4.69, 9.17) is 4.74 Å². The summed E-state index contributed by atoms with van der Waals surface area (Å²) in [6.07, 6.45) is -2.89. The predicted molar refractivity (Wildman–Crippen MR) is 215 cm³/mol. The molecule has 0 saturated heterocycles. The lowest BCUT2D eigenvalue weighted by Gasteiger charge is -2.15. The number of para-hydroxylation sites is 2. The summed E-state index contributed by atoms with van der Waals surface area (Å²) in [6.45, 7) is 0. The first kappa shape index (κ1) is 36.7. The first-order chi connectivity index (χ1) is 27.3. The Morgan fingerprint density at radius 3 is 1.52 bits per heavy atom. The molecule has 8 rings (SSSR count). The molecule has 0 saturated carbocycles. The summed E-state index contributed by atoms with van der Waals surface area (Å²) in [5.74, 6) is -0.856. The molecule has 278 valence electrons. The van der Waals surface area contributed by atoms with Gasteiger partial charge in [0.2, 0.25) is 12.3 Å². The monoisotopic (exact) mass is 744 g/mol. The summed E-state index contributed by atoms with van der Waals surface area (Å²) >= 11 is 0. The number of fused-ring (bicyclic) bond motifs is 3. The molecule has 2 aliphatic heterocycles. The van der Waals surface area contributed by atoms with Gasteiger partial charge in [0.25, 0.3) is 17.7 Å². The summed E-state index contributed by atoms with van der Waals surface area (Å²) < 4.78 is 10.0. The van der Waals surface area contributed by atoms with Crippen molar-refractivity contribution >= 4 is 57.4 Å². The highest BCUT2D eigenvalue weighted by Gasteiger charge is 2.29. The molecule has 0 aromatic heterocycles. The number of amides is 4. The molecule has 2 aliphatic rings. The average Bonchev–Trinajstić information content (AvgIpc) is 3.47. The van der Waals surface area contributed by atoms with Gasteiger partial charge in [-0.3, -0.25) is 19.7 Å². The van der Waals surface area contributed by atoms with E-state index in [2.05, 4.69) is 36.0 Å². The van der Waals surface area contributed by atoms with Crippen molar-refractivity contribution in [3.05, 3.63) is 173 Å². The summed E-state index contributed by atoms with van der Waals surface area (Å²) in [6, 6.07) is 45.2. The number of rotatable bonds is 6. The Balaban J connectivity index is 0.000000183. The van der Waals surface area contributed by atoms with E-state index in [1.807, 2.05) is 133 Å². The third kappa shape index (κ3) is 7.99. The summed E-state index contributed by atoms with van der Waals surface area (Å²) in [7, 11) is 2.75. The van der Waals surface area contributed by atoms with Crippen molar-refractivity contribution in [2.75, 3.05) is 24.9 Å². The summed E-state index contributed by atoms with van der Waals surface area (Å²) in [5, 5.41) is 12.7. The molecule has 0 bridgehead atoms. The number of benzodiazepines with no additional fused rings is 2. The van der Waals surface area contributed by atoms with Crippen LogP contribution in [0.2, 0.25) is 0 Å². The van der Waals surface area contributed by atoms with E-state index in [1.54, 1.807) is 12.1 Å². The van der Waals surface area contributed by atoms with Gasteiger partial charge < -0.3 is 25.4 Å². The van der Waals surface area contributed by atoms with Crippen LogP contribution in [0.1, 0.15) is 32.6 Å². The molecule has 12 nitrogen and oxygen atoms in total. The lowest BCUT2D eigenvalue weighted by atomic mass is 10.0. The van der Waals surface area contributed by atoms with E-state index < -0.39 is 36.1 Å². The van der Waals surface area contributed by atoms with Gasteiger partial charge in [-0.15, -0.1) is 0 Å². The number of nitrogens with zero attached hydrogens (tertiary/aromatic N) is 2. The van der Waals surface area contributed by atoms with Crippen LogP contribution in [0.4, 0.5) is 16.2 Å². The number of benzene rings is 6. The van der Waals surface area contributed by atoms with Crippen LogP contribution in [-0.4, -0.2) is 61.8 Å². The number of ether oxygens (including phenoxy) is 2. The minimum Gasteiger partial charge on any atom is -0.496 e. The lowest BCUT2D eigenvalue weighted by Crippen LogP contribution is -2.42. The number of carbonyl (C=O) groups is 4. The van der Waals surface area contributed by atoms with E-state index >= 15 is 0 Å². The number of anilines is 2. The molecule has 0 spiro atoms. The number of aliphatic imine (C=N–C) groups is 2. The zero-order valence-electron chi connectivity index (χ0n) is 30.4. The Hall–Kier alpha value is -7.60. The Morgan fingerprint density at radius 1 is 0.571 bits per heavy atom. The van der Waals surface area contributed by atoms with Gasteiger partial charge in [0, 0.05) is 22.3 Å². The third-order valence-corrected chi connectivity index (χ3v) is 9.01. The topological polar surface area (TPSA) is 160 Å². The van der Waals surface area contributed by atoms with Gasteiger partial charge in [0.1, 0.15) is 5.75 Å². The molecule has 0 radical (unpaired) electrons. The van der Waals surface area contributed by atoms with Crippen molar-refractivity contribution in [3.63, 3.8) is 0 Å². The van der Waals surface area contributed by atoms with Gasteiger partial charge >= 0.3 is 6.09 Å². The number of methoxy groups -OCH3 is 2. The molecule has 2 atom stereocenters. The van der Waals surface area contributed by atoms with Gasteiger partial charge in [0.15, 0.2) is 0 Å². The number of hydrogen-bond donors (Lipinski definition) is 4. The Bertz CT molecular complexity index is 2500. The van der Waals surface area contributed by atoms with Gasteiger partial charge in [0.05, 0.1) is 42.6 Å². The fourth-order valence-electron chi connectivity index (χ4n) is 6.30. The maximum atomic E-state index is 13.3. The Labute approximate surface area is 322 Å². The second kappa shape index (κ2) is 16.6. The van der Waals surface area contributed by atoms with Crippen molar-refractivity contribution in [1.82, 2.24) is 10.6 Å². The standard InChI is InChI=1S/C27H21N3O3.C17H15N3O3/c1-33-23-16-19-12-6-5-11-18(19)15-21(23)26(31)30-25-27(32)28-22-14-8-7-13-20(22)24(29-25)17-9-3-2-4-10-17;1-23-17(22)20-15-16(21)18-13-10-6-5-9-12(13)14(19-15)11-7-3-2-4-8-11/h2-16,25H,1H3,(H,28,32)(H,30,31);2-10,15H,1H3,(H,18,21)(H,20,22)/t25-;/m1./s1. The van der Waals surface area contributed by atoms with E-state index in [-0.39, 0.29) is 0 Å². The third-order valence-electron chi connectivity index (χ3n) is 9.01. The molecule has 6 aromatic rings. The lowest BCUT2D eigenvalue weighted by molar-refractivity contribution is -0.118. The fourth-order valence-corrected chi connectivity index (χ4v) is 6.30. The molecule has 1 unspecified atom stereocenters. The average molecular weight is 745 g/mol. The normalized spacial score (nSPS) is 15.7. The van der Waals surface area contributed by atoms with Crippen LogP contribution in [-0.2, 0) is 14.3 Å². The minimum atomic E-state index is -1.11. The van der Waals surface area contributed by atoms with Crippen molar-refractivity contribution in [1.29, 1.82) is 0 Å². The molecule has 56 heavy (non-hydrogen) atoms. The zero-order valence-corrected chi connectivity index (χ0v) is 30.4. The van der Waals surface area contributed by atoms with Crippen molar-refractivity contribution in [2.45, 2.75) is 12.3 Å². The van der Waals surface area contributed by atoms with Crippen LogP contribution in [0.3, 0.4) is 0 Å². The highest BCUT2D eigenvalue weighted by atomic mass is 16.5. The fraction of sp³-hybridized carbons (Fsp3) is 0.0909. The molecule has 12 heteroatoms. The van der Waals surface area contributed by atoms with E-state index in [0.29, 0.717) is 34.1 Å². The van der Waals surface area contributed by atoms with Gasteiger partial charge in [-0.2, -0.15) is 0 Å². The number of alkyl carbamates (subject to hydrolysis) is 1. The number of carbonyl (C=O) groups excluding carboxylic acids is 4. The molecule has 0 fully saturated rings. The van der Waals surface area contributed by atoms with Gasteiger partial charge in [-0.25, -0.2) is 14.8 Å². The number of nitrogens with one attached hydrogen (secondary N) is 4. The maximum absolute atomic E-state index is 13.3. The van der Waals surface area contributed by atoms with Gasteiger partial charge in [-0.1, -0.05) is 121 Å². The largest absolute Gasteiger partial charge is 0.496 e. The quantitative estimate of drug-likeness (QED) is 0.151. The molecule has 4 amide bonds. The van der Waals surface area contributed by atoms with Gasteiger partial charge in [-0.05, 0) is 35.0 Å². The summed E-state index contributed by atoms with van der Waals surface area (Å²) in [5.41, 5.74) is 6.17. The van der Waals surface area contributed by atoms with Crippen LogP contribution in [0.5, 0.6) is 5.75 Å². The van der Waals surface area contributed by atoms with E-state index in [9.17, 15) is 19.2 Å². The maximum Gasteiger partial charge on any atom is 0.408 e.